The number of pyridine rings is 1. The standard InChI is InChI=1S/C20H18N2O4/c1-11-15-5-3-12(7-14(15)9-21-11)13-4-6-16-18(8-13)22(26-2)10-17(19(16)23)20(24)25/h3-8,10-11,21H,9H2,1-2H3,(H,24,25). The number of nitrogens with zero attached hydrogens (tertiary/aromatic N) is 1. The largest absolute Gasteiger partial charge is 0.477 e. The van der Waals surface area contributed by atoms with Gasteiger partial charge in [-0.2, -0.15) is 4.73 Å². The molecule has 2 heterocycles. The van der Waals surface area contributed by atoms with Crippen LogP contribution in [-0.4, -0.2) is 22.9 Å². The summed E-state index contributed by atoms with van der Waals surface area (Å²) in [4.78, 5) is 29.0. The topological polar surface area (TPSA) is 80.6 Å². The summed E-state index contributed by atoms with van der Waals surface area (Å²) in [5, 5.41) is 12.9. The molecule has 6 heteroatoms. The molecular formula is C20H18N2O4. The maximum Gasteiger partial charge on any atom is 0.341 e. The zero-order chi connectivity index (χ0) is 18.4. The Labute approximate surface area is 149 Å². The third-order valence-electron chi connectivity index (χ3n) is 4.94. The van der Waals surface area contributed by atoms with Crippen LogP contribution in [-0.2, 0) is 6.54 Å². The highest BCUT2D eigenvalue weighted by atomic mass is 16.6. The molecule has 1 aromatic heterocycles. The van der Waals surface area contributed by atoms with E-state index in [1.165, 1.54) is 29.2 Å². The van der Waals surface area contributed by atoms with E-state index in [0.717, 1.165) is 17.7 Å². The van der Waals surface area contributed by atoms with Gasteiger partial charge in [0.05, 0.1) is 17.1 Å². The normalized spacial score (nSPS) is 15.8. The van der Waals surface area contributed by atoms with Crippen molar-refractivity contribution < 1.29 is 14.7 Å². The van der Waals surface area contributed by atoms with Crippen LogP contribution in [0.5, 0.6) is 0 Å². The number of nitrogens with one attached hydrogen (secondary N) is 1. The molecule has 0 aliphatic carbocycles. The maximum absolute atomic E-state index is 12.4. The third-order valence-corrected chi connectivity index (χ3v) is 4.94. The van der Waals surface area contributed by atoms with Crippen molar-refractivity contribution in [3.63, 3.8) is 0 Å². The average Bonchev–Trinajstić information content (AvgIpc) is 3.02. The van der Waals surface area contributed by atoms with E-state index in [-0.39, 0.29) is 5.56 Å². The van der Waals surface area contributed by atoms with Crippen molar-refractivity contribution in [3.8, 4) is 11.1 Å². The smallest absolute Gasteiger partial charge is 0.341 e. The van der Waals surface area contributed by atoms with Gasteiger partial charge >= 0.3 is 5.97 Å². The van der Waals surface area contributed by atoms with E-state index in [2.05, 4.69) is 30.4 Å². The summed E-state index contributed by atoms with van der Waals surface area (Å²) in [5.41, 5.74) is 4.25. The summed E-state index contributed by atoms with van der Waals surface area (Å²) in [5.74, 6) is -1.27. The van der Waals surface area contributed by atoms with Gasteiger partial charge in [0, 0.05) is 12.6 Å². The minimum Gasteiger partial charge on any atom is -0.477 e. The third kappa shape index (κ3) is 2.46. The van der Waals surface area contributed by atoms with Crippen LogP contribution in [0.4, 0.5) is 0 Å². The minimum atomic E-state index is -1.27. The molecule has 0 spiro atoms. The molecule has 0 saturated heterocycles. The van der Waals surface area contributed by atoms with E-state index >= 15 is 0 Å². The number of fused-ring (bicyclic) bond motifs is 2. The van der Waals surface area contributed by atoms with E-state index in [1.54, 1.807) is 6.07 Å². The minimum absolute atomic E-state index is 0.312. The van der Waals surface area contributed by atoms with E-state index in [0.29, 0.717) is 16.9 Å². The highest BCUT2D eigenvalue weighted by Crippen LogP contribution is 2.30. The Balaban J connectivity index is 1.90. The predicted octanol–water partition coefficient (Wildman–Crippen LogP) is 2.59. The molecule has 3 aromatic rings. The Kier molecular flexibility index (Phi) is 3.77. The average molecular weight is 350 g/mol. The van der Waals surface area contributed by atoms with Gasteiger partial charge in [-0.05, 0) is 47.4 Å². The number of carboxylic acid groups (broad SMARTS) is 1. The molecule has 26 heavy (non-hydrogen) atoms. The summed E-state index contributed by atoms with van der Waals surface area (Å²) in [6.45, 7) is 2.97. The van der Waals surface area contributed by atoms with Crippen molar-refractivity contribution in [2.24, 2.45) is 0 Å². The summed E-state index contributed by atoms with van der Waals surface area (Å²) in [6.07, 6.45) is 1.21. The van der Waals surface area contributed by atoms with E-state index < -0.39 is 11.4 Å². The van der Waals surface area contributed by atoms with Crippen LogP contribution in [0.3, 0.4) is 0 Å². The van der Waals surface area contributed by atoms with Crippen LogP contribution >= 0.6 is 0 Å². The Hall–Kier alpha value is -3.12. The van der Waals surface area contributed by atoms with Gasteiger partial charge in [-0.1, -0.05) is 18.2 Å². The molecule has 0 radical (unpaired) electrons. The molecule has 1 aliphatic rings. The Morgan fingerprint density at radius 3 is 2.69 bits per heavy atom. The van der Waals surface area contributed by atoms with Crippen LogP contribution in [0.2, 0.25) is 0 Å². The van der Waals surface area contributed by atoms with Gasteiger partial charge in [0.2, 0.25) is 5.43 Å². The molecular weight excluding hydrogens is 332 g/mol. The summed E-state index contributed by atoms with van der Waals surface area (Å²) in [6, 6.07) is 12.0. The lowest BCUT2D eigenvalue weighted by atomic mass is 9.97. The fraction of sp³-hybridized carbons (Fsp3) is 0.200. The van der Waals surface area contributed by atoms with Gasteiger partial charge < -0.3 is 15.3 Å². The van der Waals surface area contributed by atoms with Crippen molar-refractivity contribution in [2.45, 2.75) is 19.5 Å². The number of carboxylic acids is 1. The van der Waals surface area contributed by atoms with Gasteiger partial charge in [0.25, 0.3) is 0 Å². The zero-order valence-corrected chi connectivity index (χ0v) is 14.4. The van der Waals surface area contributed by atoms with Gasteiger partial charge in [0.15, 0.2) is 0 Å². The number of aromatic nitrogens is 1. The van der Waals surface area contributed by atoms with Gasteiger partial charge in [-0.15, -0.1) is 0 Å². The number of benzene rings is 2. The molecule has 0 bridgehead atoms. The number of carbonyl (C=O) groups is 1. The number of aromatic carboxylic acids is 1. The van der Waals surface area contributed by atoms with Gasteiger partial charge in [-0.3, -0.25) is 4.79 Å². The van der Waals surface area contributed by atoms with Crippen molar-refractivity contribution in [2.75, 3.05) is 7.11 Å². The Bertz CT molecular complexity index is 1100. The van der Waals surface area contributed by atoms with E-state index in [1.807, 2.05) is 12.1 Å². The number of rotatable bonds is 3. The molecule has 2 N–H and O–H groups in total. The molecule has 0 saturated carbocycles. The van der Waals surface area contributed by atoms with Crippen molar-refractivity contribution in [3.05, 3.63) is 69.5 Å². The van der Waals surface area contributed by atoms with Crippen molar-refractivity contribution >= 4 is 16.9 Å². The van der Waals surface area contributed by atoms with E-state index in [4.69, 9.17) is 4.84 Å². The first-order valence-electron chi connectivity index (χ1n) is 8.33. The fourth-order valence-electron chi connectivity index (χ4n) is 3.51. The second-order valence-corrected chi connectivity index (χ2v) is 6.43. The Morgan fingerprint density at radius 1 is 1.23 bits per heavy atom. The quantitative estimate of drug-likeness (QED) is 0.759. The van der Waals surface area contributed by atoms with Gasteiger partial charge in [0.1, 0.15) is 12.7 Å². The molecule has 132 valence electrons. The SMILES string of the molecule is COn1cc(C(=O)O)c(=O)c2ccc(-c3ccc4c(c3)CNC4C)cc21. The lowest BCUT2D eigenvalue weighted by Gasteiger charge is -2.12. The maximum atomic E-state index is 12.4. The van der Waals surface area contributed by atoms with Crippen LogP contribution in [0.25, 0.3) is 22.0 Å². The highest BCUT2D eigenvalue weighted by molar-refractivity contribution is 5.93. The lowest BCUT2D eigenvalue weighted by molar-refractivity contribution is 0.0691. The van der Waals surface area contributed by atoms with Crippen molar-refractivity contribution in [1.82, 2.24) is 10.0 Å². The Morgan fingerprint density at radius 2 is 1.96 bits per heavy atom. The second kappa shape index (κ2) is 6.00. The second-order valence-electron chi connectivity index (χ2n) is 6.43. The number of hydrogen-bond acceptors (Lipinski definition) is 4. The molecule has 1 aliphatic heterocycles. The lowest BCUT2D eigenvalue weighted by Crippen LogP contribution is -2.21. The first-order chi connectivity index (χ1) is 12.5. The first-order valence-corrected chi connectivity index (χ1v) is 8.33. The van der Waals surface area contributed by atoms with Crippen LogP contribution in [0.15, 0.2) is 47.4 Å². The molecule has 6 nitrogen and oxygen atoms in total. The molecule has 0 fully saturated rings. The molecule has 1 atom stereocenters. The van der Waals surface area contributed by atoms with Crippen LogP contribution < -0.4 is 15.6 Å². The number of hydrogen-bond donors (Lipinski definition) is 2. The van der Waals surface area contributed by atoms with Crippen LogP contribution in [0.1, 0.15) is 34.5 Å². The van der Waals surface area contributed by atoms with E-state index in [9.17, 15) is 14.7 Å². The fourth-order valence-corrected chi connectivity index (χ4v) is 3.51. The first kappa shape index (κ1) is 16.4. The predicted molar refractivity (Wildman–Crippen MR) is 98.4 cm³/mol. The zero-order valence-electron chi connectivity index (χ0n) is 14.4. The molecule has 2 aromatic carbocycles. The molecule has 4 rings (SSSR count). The molecule has 0 amide bonds. The summed E-state index contributed by atoms with van der Waals surface area (Å²) >= 11 is 0. The summed E-state index contributed by atoms with van der Waals surface area (Å²) < 4.78 is 1.32. The highest BCUT2D eigenvalue weighted by Gasteiger charge is 2.19. The monoisotopic (exact) mass is 350 g/mol. The van der Waals surface area contributed by atoms with Crippen molar-refractivity contribution in [1.29, 1.82) is 0 Å². The van der Waals surface area contributed by atoms with Gasteiger partial charge in [-0.25, -0.2) is 4.79 Å². The summed E-state index contributed by atoms with van der Waals surface area (Å²) in [7, 11) is 1.44. The van der Waals surface area contributed by atoms with Crippen LogP contribution in [0, 0.1) is 0 Å². The molecule has 1 unspecified atom stereocenters.